The van der Waals surface area contributed by atoms with Gasteiger partial charge in [-0.1, -0.05) is 0 Å². The number of carbonyl (C=O) groups excluding carboxylic acids is 1. The maximum absolute atomic E-state index is 12.6. The number of aliphatic imine (C=N–C) groups is 2. The Bertz CT molecular complexity index is 1140. The van der Waals surface area contributed by atoms with E-state index < -0.39 is 6.09 Å². The molecule has 0 spiro atoms. The van der Waals surface area contributed by atoms with Gasteiger partial charge in [-0.2, -0.15) is 0 Å². The minimum Gasteiger partial charge on any atom is -0.491 e. The standard InChI is InChI=1S/C23H29N7O5/c1-28-15-24-14-18(28)35-23(31)27-22-26-19-16(21-25-6-8-30(21)22)4-5-17(20(19)32-2)34-11-3-7-29-9-12-33-13-10-29/h4-5,14-15H,3,6-13H2,1-2H3,(H,26,27,31). The molecule has 0 radical (unpaired) electrons. The lowest BCUT2D eigenvalue weighted by molar-refractivity contribution is 0.0357. The van der Waals surface area contributed by atoms with E-state index in [1.54, 1.807) is 25.1 Å². The highest BCUT2D eigenvalue weighted by Gasteiger charge is 2.33. The van der Waals surface area contributed by atoms with Crippen LogP contribution < -0.4 is 19.5 Å². The fourth-order valence-electron chi connectivity index (χ4n) is 4.25. The average Bonchev–Trinajstić information content (AvgIpc) is 3.52. The fraction of sp³-hybridized carbons (Fsp3) is 0.478. The van der Waals surface area contributed by atoms with E-state index in [4.69, 9.17) is 23.9 Å². The molecular weight excluding hydrogens is 454 g/mol. The zero-order valence-corrected chi connectivity index (χ0v) is 19.9. The Balaban J connectivity index is 1.32. The predicted molar refractivity (Wildman–Crippen MR) is 128 cm³/mol. The van der Waals surface area contributed by atoms with E-state index in [1.807, 2.05) is 17.0 Å². The van der Waals surface area contributed by atoms with Crippen LogP contribution in [0.5, 0.6) is 17.4 Å². The Morgan fingerprint density at radius 2 is 2.09 bits per heavy atom. The Labute approximate surface area is 203 Å². The Morgan fingerprint density at radius 1 is 1.23 bits per heavy atom. The smallest absolute Gasteiger partial charge is 0.420 e. The van der Waals surface area contributed by atoms with Gasteiger partial charge in [0.05, 0.1) is 46.0 Å². The van der Waals surface area contributed by atoms with E-state index in [2.05, 4.69) is 20.2 Å². The molecule has 1 N–H and O–H groups in total. The Morgan fingerprint density at radius 3 is 2.86 bits per heavy atom. The first-order valence-electron chi connectivity index (χ1n) is 11.6. The molecule has 12 heteroatoms. The van der Waals surface area contributed by atoms with Crippen LogP contribution in [0.15, 0.2) is 34.6 Å². The van der Waals surface area contributed by atoms with Crippen molar-refractivity contribution >= 4 is 23.6 Å². The van der Waals surface area contributed by atoms with E-state index >= 15 is 0 Å². The first-order chi connectivity index (χ1) is 17.1. The second kappa shape index (κ2) is 10.3. The first-order valence-corrected chi connectivity index (χ1v) is 11.6. The number of fused-ring (bicyclic) bond motifs is 3. The van der Waals surface area contributed by atoms with Gasteiger partial charge in [-0.05, 0) is 18.6 Å². The molecule has 3 aliphatic rings. The number of benzene rings is 1. The van der Waals surface area contributed by atoms with Gasteiger partial charge in [0.1, 0.15) is 11.5 Å². The van der Waals surface area contributed by atoms with E-state index in [0.717, 1.165) is 50.7 Å². The van der Waals surface area contributed by atoms with E-state index in [-0.39, 0.29) is 0 Å². The van der Waals surface area contributed by atoms with Crippen molar-refractivity contribution in [3.63, 3.8) is 0 Å². The van der Waals surface area contributed by atoms with Crippen molar-refractivity contribution in [1.82, 2.24) is 24.7 Å². The average molecular weight is 484 g/mol. The maximum Gasteiger partial charge on any atom is 0.420 e. The highest BCUT2D eigenvalue weighted by molar-refractivity contribution is 6.18. The lowest BCUT2D eigenvalue weighted by Gasteiger charge is -2.28. The highest BCUT2D eigenvalue weighted by atomic mass is 16.6. The number of aryl methyl sites for hydroxylation is 1. The number of carbonyl (C=O) groups is 1. The van der Waals surface area contributed by atoms with Gasteiger partial charge in [0.15, 0.2) is 11.5 Å². The highest BCUT2D eigenvalue weighted by Crippen LogP contribution is 2.43. The number of nitrogens with zero attached hydrogens (tertiary/aromatic N) is 6. The molecule has 1 amide bonds. The molecular formula is C23H29N7O5. The van der Waals surface area contributed by atoms with E-state index in [1.165, 1.54) is 6.20 Å². The van der Waals surface area contributed by atoms with Gasteiger partial charge in [0, 0.05) is 38.8 Å². The quantitative estimate of drug-likeness (QED) is 0.588. The molecule has 4 heterocycles. The largest absolute Gasteiger partial charge is 0.491 e. The predicted octanol–water partition coefficient (Wildman–Crippen LogP) is 1.38. The minimum absolute atomic E-state index is 0.319. The number of morpholine rings is 1. The second-order valence-electron chi connectivity index (χ2n) is 8.30. The molecule has 0 bridgehead atoms. The third kappa shape index (κ3) is 4.93. The van der Waals surface area contributed by atoms with Gasteiger partial charge in [0.25, 0.3) is 0 Å². The molecule has 5 rings (SSSR count). The molecule has 1 aromatic carbocycles. The van der Waals surface area contributed by atoms with Crippen LogP contribution in [0.3, 0.4) is 0 Å². The molecule has 0 aliphatic carbocycles. The molecule has 1 saturated heterocycles. The summed E-state index contributed by atoms with van der Waals surface area (Å²) in [5.74, 6) is 2.47. The van der Waals surface area contributed by atoms with E-state index in [0.29, 0.717) is 48.7 Å². The zero-order valence-electron chi connectivity index (χ0n) is 19.9. The molecule has 1 aromatic heterocycles. The number of rotatable bonds is 7. The summed E-state index contributed by atoms with van der Waals surface area (Å²) in [7, 11) is 3.32. The Kier molecular flexibility index (Phi) is 6.82. The van der Waals surface area contributed by atoms with Crippen LogP contribution in [0.4, 0.5) is 10.5 Å². The van der Waals surface area contributed by atoms with Crippen LogP contribution in [-0.4, -0.2) is 96.9 Å². The molecule has 2 aromatic rings. The lowest BCUT2D eigenvalue weighted by atomic mass is 10.1. The summed E-state index contributed by atoms with van der Waals surface area (Å²) >= 11 is 0. The minimum atomic E-state index is -0.670. The number of imidazole rings is 1. The van der Waals surface area contributed by atoms with Crippen molar-refractivity contribution in [2.45, 2.75) is 6.42 Å². The SMILES string of the molecule is COc1c(OCCCN2CCOCC2)ccc2c1N=C(NC(=O)Oc1cncn1C)N1CCN=C21. The van der Waals surface area contributed by atoms with Gasteiger partial charge in [-0.15, -0.1) is 0 Å². The van der Waals surface area contributed by atoms with Crippen molar-refractivity contribution in [1.29, 1.82) is 0 Å². The van der Waals surface area contributed by atoms with Gasteiger partial charge in [0.2, 0.25) is 11.8 Å². The Hall–Kier alpha value is -3.64. The number of aromatic nitrogens is 2. The third-order valence-corrected chi connectivity index (χ3v) is 6.02. The van der Waals surface area contributed by atoms with Gasteiger partial charge < -0.3 is 23.5 Å². The van der Waals surface area contributed by atoms with Crippen molar-refractivity contribution in [3.8, 4) is 17.4 Å². The van der Waals surface area contributed by atoms with Gasteiger partial charge in [-0.25, -0.2) is 14.8 Å². The summed E-state index contributed by atoms with van der Waals surface area (Å²) in [5, 5.41) is 2.74. The van der Waals surface area contributed by atoms with Gasteiger partial charge >= 0.3 is 6.09 Å². The molecule has 0 atom stereocenters. The van der Waals surface area contributed by atoms with Crippen LogP contribution in [0.1, 0.15) is 12.0 Å². The monoisotopic (exact) mass is 483 g/mol. The molecule has 1 fully saturated rings. The summed E-state index contributed by atoms with van der Waals surface area (Å²) in [4.78, 5) is 30.1. The summed E-state index contributed by atoms with van der Waals surface area (Å²) in [6.07, 6.45) is 3.23. The molecule has 186 valence electrons. The van der Waals surface area contributed by atoms with Crippen LogP contribution >= 0.6 is 0 Å². The van der Waals surface area contributed by atoms with Gasteiger partial charge in [-0.3, -0.25) is 20.1 Å². The summed E-state index contributed by atoms with van der Waals surface area (Å²) < 4.78 is 24.1. The van der Waals surface area contributed by atoms with Crippen LogP contribution in [0.25, 0.3) is 0 Å². The van der Waals surface area contributed by atoms with Crippen LogP contribution in [0, 0.1) is 0 Å². The van der Waals surface area contributed by atoms with Crippen molar-refractivity contribution in [2.24, 2.45) is 17.0 Å². The molecule has 3 aliphatic heterocycles. The second-order valence-corrected chi connectivity index (χ2v) is 8.30. The van der Waals surface area contributed by atoms with Crippen LogP contribution in [0.2, 0.25) is 0 Å². The molecule has 35 heavy (non-hydrogen) atoms. The maximum atomic E-state index is 12.6. The number of ether oxygens (including phenoxy) is 4. The van der Waals surface area contributed by atoms with Crippen LogP contribution in [-0.2, 0) is 11.8 Å². The number of amidine groups is 1. The van der Waals surface area contributed by atoms with Crippen molar-refractivity contribution < 1.29 is 23.7 Å². The fourth-order valence-corrected chi connectivity index (χ4v) is 4.25. The number of amides is 1. The third-order valence-electron chi connectivity index (χ3n) is 6.02. The summed E-state index contributed by atoms with van der Waals surface area (Å²) in [5.41, 5.74) is 1.39. The van der Waals surface area contributed by atoms with E-state index in [9.17, 15) is 4.79 Å². The number of methoxy groups -OCH3 is 1. The number of hydrogen-bond acceptors (Lipinski definition) is 10. The summed E-state index contributed by atoms with van der Waals surface area (Å²) in [6.45, 7) is 6.16. The number of hydrogen-bond donors (Lipinski definition) is 1. The van der Waals surface area contributed by atoms with Crippen molar-refractivity contribution in [3.05, 3.63) is 30.2 Å². The number of guanidine groups is 1. The topological polar surface area (TPSA) is 115 Å². The normalized spacial score (nSPS) is 17.3. The molecule has 0 unspecified atom stereocenters. The number of nitrogens with one attached hydrogen (secondary N) is 1. The molecule has 12 nitrogen and oxygen atoms in total. The molecule has 0 saturated carbocycles. The lowest BCUT2D eigenvalue weighted by Crippen LogP contribution is -2.48. The zero-order chi connectivity index (χ0) is 24.2. The summed E-state index contributed by atoms with van der Waals surface area (Å²) in [6, 6.07) is 3.82. The first kappa shape index (κ1) is 23.1. The van der Waals surface area contributed by atoms with Crippen molar-refractivity contribution in [2.75, 3.05) is 59.7 Å².